The predicted molar refractivity (Wildman–Crippen MR) is 99.3 cm³/mol. The second-order valence-electron chi connectivity index (χ2n) is 6.37. The third-order valence-corrected chi connectivity index (χ3v) is 4.38. The second-order valence-corrected chi connectivity index (χ2v) is 6.37. The minimum absolute atomic E-state index is 0.00292. The highest BCUT2D eigenvalue weighted by molar-refractivity contribution is 5.85. The second kappa shape index (κ2) is 6.64. The lowest BCUT2D eigenvalue weighted by molar-refractivity contribution is 0.0690. The maximum Gasteiger partial charge on any atom is 0.354 e. The van der Waals surface area contributed by atoms with E-state index >= 15 is 0 Å². The van der Waals surface area contributed by atoms with Crippen LogP contribution in [0, 0.1) is 12.7 Å². The SMILES string of the molecule is Cc1ccc2c(Cc3cccc(C(=O)O)n3)c(-c3ccc(F)cc3)nn2c1. The topological polar surface area (TPSA) is 67.5 Å². The molecule has 4 aromatic rings. The molecule has 1 aromatic carbocycles. The van der Waals surface area contributed by atoms with Gasteiger partial charge in [0, 0.05) is 29.4 Å². The Morgan fingerprint density at radius 1 is 1.11 bits per heavy atom. The van der Waals surface area contributed by atoms with Crippen LogP contribution in [0.25, 0.3) is 16.8 Å². The first-order valence-corrected chi connectivity index (χ1v) is 8.44. The van der Waals surface area contributed by atoms with E-state index in [9.17, 15) is 14.3 Å². The molecule has 5 nitrogen and oxygen atoms in total. The normalized spacial score (nSPS) is 11.0. The van der Waals surface area contributed by atoms with Gasteiger partial charge < -0.3 is 5.11 Å². The Bertz CT molecular complexity index is 1150. The molecule has 0 atom stereocenters. The van der Waals surface area contributed by atoms with E-state index in [0.29, 0.717) is 12.1 Å². The number of hydrogen-bond acceptors (Lipinski definition) is 3. The summed E-state index contributed by atoms with van der Waals surface area (Å²) in [5.41, 5.74) is 5.04. The van der Waals surface area contributed by atoms with Crippen LogP contribution in [0.1, 0.15) is 27.3 Å². The number of hydrogen-bond donors (Lipinski definition) is 1. The van der Waals surface area contributed by atoms with E-state index in [0.717, 1.165) is 27.9 Å². The fourth-order valence-corrected chi connectivity index (χ4v) is 3.10. The molecule has 0 saturated heterocycles. The molecule has 0 saturated carbocycles. The van der Waals surface area contributed by atoms with Gasteiger partial charge in [-0.2, -0.15) is 5.10 Å². The van der Waals surface area contributed by atoms with Gasteiger partial charge in [0.15, 0.2) is 0 Å². The van der Waals surface area contributed by atoms with Crippen LogP contribution >= 0.6 is 0 Å². The number of carboxylic acid groups (broad SMARTS) is 1. The van der Waals surface area contributed by atoms with Gasteiger partial charge in [0.2, 0.25) is 0 Å². The van der Waals surface area contributed by atoms with E-state index in [4.69, 9.17) is 0 Å². The fraction of sp³-hybridized carbons (Fsp3) is 0.0952. The molecule has 0 aliphatic rings. The van der Waals surface area contributed by atoms with Crippen LogP contribution in [-0.2, 0) is 6.42 Å². The Hall–Kier alpha value is -3.54. The van der Waals surface area contributed by atoms with Crippen molar-refractivity contribution in [3.8, 4) is 11.3 Å². The van der Waals surface area contributed by atoms with Gasteiger partial charge in [0.05, 0.1) is 11.2 Å². The number of aromatic nitrogens is 3. The van der Waals surface area contributed by atoms with Crippen molar-refractivity contribution in [2.75, 3.05) is 0 Å². The van der Waals surface area contributed by atoms with Gasteiger partial charge in [-0.1, -0.05) is 12.1 Å². The van der Waals surface area contributed by atoms with Gasteiger partial charge in [-0.15, -0.1) is 0 Å². The van der Waals surface area contributed by atoms with Crippen LogP contribution in [0.4, 0.5) is 4.39 Å². The first kappa shape index (κ1) is 16.9. The van der Waals surface area contributed by atoms with Crippen molar-refractivity contribution in [3.05, 3.63) is 89.1 Å². The Balaban J connectivity index is 1.87. The summed E-state index contributed by atoms with van der Waals surface area (Å²) < 4.78 is 15.1. The Labute approximate surface area is 154 Å². The zero-order valence-corrected chi connectivity index (χ0v) is 14.6. The minimum Gasteiger partial charge on any atom is -0.477 e. The fourth-order valence-electron chi connectivity index (χ4n) is 3.10. The number of aryl methyl sites for hydroxylation is 1. The van der Waals surface area contributed by atoms with E-state index in [1.54, 1.807) is 28.8 Å². The molecule has 0 amide bonds. The average molecular weight is 361 g/mol. The van der Waals surface area contributed by atoms with Gasteiger partial charge in [-0.25, -0.2) is 18.7 Å². The molecule has 0 aliphatic heterocycles. The summed E-state index contributed by atoms with van der Waals surface area (Å²) in [5.74, 6) is -1.37. The van der Waals surface area contributed by atoms with Gasteiger partial charge in [-0.3, -0.25) is 0 Å². The van der Waals surface area contributed by atoms with Gasteiger partial charge in [0.25, 0.3) is 0 Å². The molecule has 1 N–H and O–H groups in total. The number of benzene rings is 1. The van der Waals surface area contributed by atoms with E-state index in [2.05, 4.69) is 10.1 Å². The average Bonchev–Trinajstić information content (AvgIpc) is 3.00. The number of carboxylic acids is 1. The van der Waals surface area contributed by atoms with Crippen molar-refractivity contribution in [1.29, 1.82) is 0 Å². The third kappa shape index (κ3) is 3.29. The van der Waals surface area contributed by atoms with Crippen LogP contribution in [-0.4, -0.2) is 25.7 Å². The van der Waals surface area contributed by atoms with Crippen molar-refractivity contribution in [2.24, 2.45) is 0 Å². The standard InChI is InChI=1S/C21H16FN3O2/c1-13-5-10-19-17(11-16-3-2-4-18(23-16)21(26)27)20(24-25(19)12-13)14-6-8-15(22)9-7-14/h2-10,12H,11H2,1H3,(H,26,27). The molecular formula is C21H16FN3O2. The summed E-state index contributed by atoms with van der Waals surface area (Å²) in [6.45, 7) is 1.98. The molecule has 134 valence electrons. The molecule has 0 radical (unpaired) electrons. The Morgan fingerprint density at radius 2 is 1.89 bits per heavy atom. The quantitative estimate of drug-likeness (QED) is 0.593. The maximum atomic E-state index is 13.3. The number of halogens is 1. The van der Waals surface area contributed by atoms with Crippen LogP contribution in [0.5, 0.6) is 0 Å². The molecule has 0 fully saturated rings. The van der Waals surface area contributed by atoms with E-state index < -0.39 is 5.97 Å². The van der Waals surface area contributed by atoms with E-state index in [1.165, 1.54) is 18.2 Å². The van der Waals surface area contributed by atoms with Crippen LogP contribution < -0.4 is 0 Å². The smallest absolute Gasteiger partial charge is 0.354 e. The van der Waals surface area contributed by atoms with Gasteiger partial charge >= 0.3 is 5.97 Å². The van der Waals surface area contributed by atoms with Crippen molar-refractivity contribution < 1.29 is 14.3 Å². The first-order valence-electron chi connectivity index (χ1n) is 8.44. The lowest BCUT2D eigenvalue weighted by Gasteiger charge is -2.05. The minimum atomic E-state index is -1.06. The van der Waals surface area contributed by atoms with Gasteiger partial charge in [-0.05, 0) is 55.0 Å². The molecule has 0 bridgehead atoms. The van der Waals surface area contributed by atoms with Crippen molar-refractivity contribution >= 4 is 11.5 Å². The largest absolute Gasteiger partial charge is 0.477 e. The molecule has 0 aliphatic carbocycles. The van der Waals surface area contributed by atoms with E-state index in [-0.39, 0.29) is 11.5 Å². The molecule has 0 spiro atoms. The number of pyridine rings is 2. The number of rotatable bonds is 4. The summed E-state index contributed by atoms with van der Waals surface area (Å²) >= 11 is 0. The molecule has 4 rings (SSSR count). The summed E-state index contributed by atoms with van der Waals surface area (Å²) in [6.07, 6.45) is 2.34. The lowest BCUT2D eigenvalue weighted by atomic mass is 10.0. The summed E-state index contributed by atoms with van der Waals surface area (Å²) in [4.78, 5) is 15.4. The molecule has 6 heteroatoms. The number of nitrogens with zero attached hydrogens (tertiary/aromatic N) is 3. The van der Waals surface area contributed by atoms with Crippen LogP contribution in [0.3, 0.4) is 0 Å². The molecule has 27 heavy (non-hydrogen) atoms. The van der Waals surface area contributed by atoms with E-state index in [1.807, 2.05) is 25.3 Å². The van der Waals surface area contributed by atoms with Gasteiger partial charge in [0.1, 0.15) is 11.5 Å². The zero-order chi connectivity index (χ0) is 19.0. The van der Waals surface area contributed by atoms with Crippen molar-refractivity contribution in [2.45, 2.75) is 13.3 Å². The Morgan fingerprint density at radius 3 is 2.63 bits per heavy atom. The molecule has 0 unspecified atom stereocenters. The molecule has 3 aromatic heterocycles. The molecular weight excluding hydrogens is 345 g/mol. The highest BCUT2D eigenvalue weighted by Crippen LogP contribution is 2.28. The van der Waals surface area contributed by atoms with Crippen molar-refractivity contribution in [3.63, 3.8) is 0 Å². The number of carbonyl (C=O) groups is 1. The maximum absolute atomic E-state index is 13.3. The zero-order valence-electron chi connectivity index (χ0n) is 14.6. The monoisotopic (exact) mass is 361 g/mol. The third-order valence-electron chi connectivity index (χ3n) is 4.38. The highest BCUT2D eigenvalue weighted by atomic mass is 19.1. The number of aromatic carboxylic acids is 1. The van der Waals surface area contributed by atoms with Crippen molar-refractivity contribution in [1.82, 2.24) is 14.6 Å². The van der Waals surface area contributed by atoms with Crippen LogP contribution in [0.15, 0.2) is 60.8 Å². The summed E-state index contributed by atoms with van der Waals surface area (Å²) in [5, 5.41) is 13.9. The summed E-state index contributed by atoms with van der Waals surface area (Å²) in [7, 11) is 0. The highest BCUT2D eigenvalue weighted by Gasteiger charge is 2.16. The first-order chi connectivity index (χ1) is 13.0. The van der Waals surface area contributed by atoms with Crippen LogP contribution in [0.2, 0.25) is 0 Å². The Kier molecular flexibility index (Phi) is 4.16. The summed E-state index contributed by atoms with van der Waals surface area (Å²) in [6, 6.07) is 15.1. The lowest BCUT2D eigenvalue weighted by Crippen LogP contribution is -2.03. The predicted octanol–water partition coefficient (Wildman–Crippen LogP) is 4.13. The number of fused-ring (bicyclic) bond motifs is 1. The molecule has 3 heterocycles.